The second kappa shape index (κ2) is 8.63. The smallest absolute Gasteiger partial charge is 0.230 e. The van der Waals surface area contributed by atoms with E-state index in [1.54, 1.807) is 29.6 Å². The summed E-state index contributed by atoms with van der Waals surface area (Å²) in [7, 11) is 0. The van der Waals surface area contributed by atoms with E-state index < -0.39 is 0 Å². The summed E-state index contributed by atoms with van der Waals surface area (Å²) in [5.74, 6) is -0.528. The summed E-state index contributed by atoms with van der Waals surface area (Å²) in [6.45, 7) is 5.48. The maximum atomic E-state index is 12.5. The number of hydrogen-bond donors (Lipinski definition) is 0. The number of hydrogen-bond acceptors (Lipinski definition) is 5. The number of Topliss-reactive ketones (excluding diaryl/α,β-unsaturated/α-hetero) is 1. The SMILES string of the molecule is CC(=O)N(c1ccc(C)c(C)c1)c1nc(/C=C(\C#N)C(=O)c2ccccc2)cs1. The molecule has 0 saturated carbocycles. The van der Waals surface area contributed by atoms with Gasteiger partial charge in [0.15, 0.2) is 5.13 Å². The number of rotatable bonds is 5. The zero-order valence-electron chi connectivity index (χ0n) is 16.3. The minimum absolute atomic E-state index is 0.00592. The van der Waals surface area contributed by atoms with Gasteiger partial charge in [-0.2, -0.15) is 5.26 Å². The van der Waals surface area contributed by atoms with Gasteiger partial charge < -0.3 is 0 Å². The summed E-state index contributed by atoms with van der Waals surface area (Å²) in [5.41, 5.74) is 3.83. The van der Waals surface area contributed by atoms with Crippen LogP contribution < -0.4 is 4.90 Å². The fraction of sp³-hybridized carbons (Fsp3) is 0.130. The summed E-state index contributed by atoms with van der Waals surface area (Å²) in [5, 5.41) is 11.6. The van der Waals surface area contributed by atoms with Gasteiger partial charge in [0, 0.05) is 17.9 Å². The highest BCUT2D eigenvalue weighted by Gasteiger charge is 2.19. The molecule has 3 aromatic rings. The van der Waals surface area contributed by atoms with E-state index in [9.17, 15) is 14.9 Å². The molecular weight excluding hydrogens is 382 g/mol. The Hall–Kier alpha value is -3.56. The standard InChI is InChI=1S/C23H19N3O2S/c1-15-9-10-21(11-16(15)2)26(17(3)27)23-25-20(14-29-23)12-19(13-24)22(28)18-7-5-4-6-8-18/h4-12,14H,1-3H3/b19-12+. The van der Waals surface area contributed by atoms with E-state index in [4.69, 9.17) is 0 Å². The van der Waals surface area contributed by atoms with Gasteiger partial charge in [-0.1, -0.05) is 36.4 Å². The quantitative estimate of drug-likeness (QED) is 0.333. The van der Waals surface area contributed by atoms with Gasteiger partial charge in [-0.25, -0.2) is 4.98 Å². The Balaban J connectivity index is 1.94. The number of nitriles is 1. The predicted octanol–water partition coefficient (Wildman–Crippen LogP) is 5.23. The molecule has 1 heterocycles. The molecule has 0 N–H and O–H groups in total. The van der Waals surface area contributed by atoms with Crippen molar-refractivity contribution >= 4 is 39.9 Å². The van der Waals surface area contributed by atoms with Crippen LogP contribution in [0.4, 0.5) is 10.8 Å². The summed E-state index contributed by atoms with van der Waals surface area (Å²) in [6, 6.07) is 16.4. The highest BCUT2D eigenvalue weighted by molar-refractivity contribution is 7.14. The van der Waals surface area contributed by atoms with Crippen LogP contribution >= 0.6 is 11.3 Å². The Morgan fingerprint density at radius 2 is 1.83 bits per heavy atom. The molecule has 0 radical (unpaired) electrons. The molecule has 0 saturated heterocycles. The largest absolute Gasteiger partial charge is 0.288 e. The molecule has 3 rings (SSSR count). The highest BCUT2D eigenvalue weighted by Crippen LogP contribution is 2.31. The first-order valence-corrected chi connectivity index (χ1v) is 9.83. The van der Waals surface area contributed by atoms with Crippen LogP contribution in [0.3, 0.4) is 0 Å². The molecule has 0 aliphatic carbocycles. The lowest BCUT2D eigenvalue weighted by atomic mass is 10.0. The number of aromatic nitrogens is 1. The molecule has 1 aromatic heterocycles. The molecule has 144 valence electrons. The van der Waals surface area contributed by atoms with Gasteiger partial charge in [0.05, 0.1) is 11.4 Å². The lowest BCUT2D eigenvalue weighted by molar-refractivity contribution is -0.115. The van der Waals surface area contributed by atoms with Crippen molar-refractivity contribution in [2.75, 3.05) is 4.90 Å². The number of carbonyl (C=O) groups excluding carboxylic acids is 2. The molecule has 0 unspecified atom stereocenters. The Bertz CT molecular complexity index is 1140. The van der Waals surface area contributed by atoms with Crippen molar-refractivity contribution < 1.29 is 9.59 Å². The molecule has 0 atom stereocenters. The fourth-order valence-corrected chi connectivity index (χ4v) is 3.62. The number of allylic oxidation sites excluding steroid dienone is 1. The summed E-state index contributed by atoms with van der Waals surface area (Å²) in [4.78, 5) is 30.8. The number of ketones is 1. The summed E-state index contributed by atoms with van der Waals surface area (Å²) in [6.07, 6.45) is 1.45. The number of benzene rings is 2. The molecule has 2 aromatic carbocycles. The first-order valence-electron chi connectivity index (χ1n) is 8.95. The minimum atomic E-state index is -0.361. The summed E-state index contributed by atoms with van der Waals surface area (Å²) >= 11 is 1.28. The van der Waals surface area contributed by atoms with Crippen LogP contribution in [0.2, 0.25) is 0 Å². The van der Waals surface area contributed by atoms with E-state index >= 15 is 0 Å². The van der Waals surface area contributed by atoms with Crippen LogP contribution in [-0.4, -0.2) is 16.7 Å². The molecule has 0 aliphatic heterocycles. The lowest BCUT2D eigenvalue weighted by Gasteiger charge is -2.19. The first kappa shape index (κ1) is 20.2. The highest BCUT2D eigenvalue weighted by atomic mass is 32.1. The van der Waals surface area contributed by atoms with E-state index in [1.807, 2.05) is 44.2 Å². The zero-order valence-corrected chi connectivity index (χ0v) is 17.2. The Morgan fingerprint density at radius 3 is 2.45 bits per heavy atom. The fourth-order valence-electron chi connectivity index (χ4n) is 2.78. The number of aryl methyl sites for hydroxylation is 2. The van der Waals surface area contributed by atoms with Crippen LogP contribution in [0.25, 0.3) is 6.08 Å². The monoisotopic (exact) mass is 401 g/mol. The second-order valence-electron chi connectivity index (χ2n) is 6.54. The van der Waals surface area contributed by atoms with Gasteiger partial charge in [0.1, 0.15) is 11.6 Å². The van der Waals surface area contributed by atoms with E-state index in [-0.39, 0.29) is 17.3 Å². The Labute approximate surface area is 173 Å². The lowest BCUT2D eigenvalue weighted by Crippen LogP contribution is -2.22. The van der Waals surface area contributed by atoms with Crippen LogP contribution in [-0.2, 0) is 4.79 Å². The van der Waals surface area contributed by atoms with Gasteiger partial charge in [-0.15, -0.1) is 11.3 Å². The van der Waals surface area contributed by atoms with Crippen molar-refractivity contribution in [1.82, 2.24) is 4.98 Å². The van der Waals surface area contributed by atoms with E-state index in [1.165, 1.54) is 29.2 Å². The topological polar surface area (TPSA) is 74.1 Å². The molecule has 5 nitrogen and oxygen atoms in total. The van der Waals surface area contributed by atoms with Gasteiger partial charge in [-0.3, -0.25) is 14.5 Å². The molecule has 0 spiro atoms. The van der Waals surface area contributed by atoms with Crippen LogP contribution in [0, 0.1) is 25.2 Å². The number of carbonyl (C=O) groups is 2. The molecule has 0 bridgehead atoms. The third-order valence-corrected chi connectivity index (χ3v) is 5.30. The van der Waals surface area contributed by atoms with Crippen molar-refractivity contribution in [2.24, 2.45) is 0 Å². The first-order chi connectivity index (χ1) is 13.9. The summed E-state index contributed by atoms with van der Waals surface area (Å²) < 4.78 is 0. The average Bonchev–Trinajstić information content (AvgIpc) is 3.16. The van der Waals surface area contributed by atoms with Crippen molar-refractivity contribution in [3.8, 4) is 6.07 Å². The van der Waals surface area contributed by atoms with Gasteiger partial charge in [-0.05, 0) is 43.2 Å². The normalized spacial score (nSPS) is 11.0. The zero-order chi connectivity index (χ0) is 21.0. The molecule has 0 aliphatic rings. The number of thiazole rings is 1. The molecular formula is C23H19N3O2S. The maximum Gasteiger partial charge on any atom is 0.230 e. The van der Waals surface area contributed by atoms with Crippen molar-refractivity contribution in [3.63, 3.8) is 0 Å². The van der Waals surface area contributed by atoms with Crippen molar-refractivity contribution in [3.05, 3.63) is 81.9 Å². The number of amides is 1. The molecule has 29 heavy (non-hydrogen) atoms. The molecule has 1 amide bonds. The Morgan fingerprint density at radius 1 is 1.10 bits per heavy atom. The predicted molar refractivity (Wildman–Crippen MR) is 115 cm³/mol. The third-order valence-electron chi connectivity index (χ3n) is 4.46. The minimum Gasteiger partial charge on any atom is -0.288 e. The van der Waals surface area contributed by atoms with Crippen molar-refractivity contribution in [2.45, 2.75) is 20.8 Å². The maximum absolute atomic E-state index is 12.5. The van der Waals surface area contributed by atoms with Crippen LogP contribution in [0.5, 0.6) is 0 Å². The van der Waals surface area contributed by atoms with Crippen LogP contribution in [0.15, 0.2) is 59.5 Å². The molecule has 6 heteroatoms. The second-order valence-corrected chi connectivity index (χ2v) is 7.38. The van der Waals surface area contributed by atoms with Crippen LogP contribution in [0.1, 0.15) is 34.1 Å². The Kier molecular flexibility index (Phi) is 6.01. The van der Waals surface area contributed by atoms with Gasteiger partial charge >= 0.3 is 0 Å². The van der Waals surface area contributed by atoms with Gasteiger partial charge in [0.25, 0.3) is 0 Å². The third kappa shape index (κ3) is 4.48. The number of nitrogens with zero attached hydrogens (tertiary/aromatic N) is 3. The number of anilines is 2. The van der Waals surface area contributed by atoms with Crippen molar-refractivity contribution in [1.29, 1.82) is 5.26 Å². The van der Waals surface area contributed by atoms with E-state index in [2.05, 4.69) is 4.98 Å². The van der Waals surface area contributed by atoms with Gasteiger partial charge in [0.2, 0.25) is 11.7 Å². The van der Waals surface area contributed by atoms with E-state index in [0.29, 0.717) is 16.4 Å². The average molecular weight is 401 g/mol. The van der Waals surface area contributed by atoms with E-state index in [0.717, 1.165) is 16.8 Å². The molecule has 0 fully saturated rings.